The number of amides is 1. The molecule has 6 N–H and O–H groups in total. The fourth-order valence-corrected chi connectivity index (χ4v) is 1.23. The predicted octanol–water partition coefficient (Wildman–Crippen LogP) is 0.168. The van der Waals surface area contributed by atoms with Crippen LogP contribution in [0.5, 0.6) is 0 Å². The van der Waals surface area contributed by atoms with Crippen LogP contribution >= 0.6 is 0 Å². The number of benzene rings is 1. The lowest BCUT2D eigenvalue weighted by Gasteiger charge is -2.07. The zero-order valence-electron chi connectivity index (χ0n) is 8.97. The van der Waals surface area contributed by atoms with Gasteiger partial charge in [-0.25, -0.2) is 0 Å². The molecule has 1 amide bonds. The second kappa shape index (κ2) is 5.66. The number of non-ortho nitro benzene ring substituents is 1. The highest BCUT2D eigenvalue weighted by Gasteiger charge is 2.09. The van der Waals surface area contributed by atoms with Crippen molar-refractivity contribution < 1.29 is 9.72 Å². The fraction of sp³-hybridized carbons (Fsp3) is 0.222. The Hall–Kier alpha value is -2.35. The van der Waals surface area contributed by atoms with Crippen LogP contribution in [-0.4, -0.2) is 17.4 Å². The second-order valence-electron chi connectivity index (χ2n) is 3.31. The first-order valence-corrected chi connectivity index (χ1v) is 4.81. The van der Waals surface area contributed by atoms with Crippen molar-refractivity contribution in [2.45, 2.75) is 6.42 Å². The molecule has 1 aromatic rings. The number of carbonyl (C=O) groups excluding carboxylic acids is 1. The summed E-state index contributed by atoms with van der Waals surface area (Å²) in [6.45, 7) is 0.306. The van der Waals surface area contributed by atoms with E-state index in [2.05, 4.69) is 10.7 Å². The number of nitrogens with zero attached hydrogens (tertiary/aromatic N) is 1. The molecule has 0 bridgehead atoms. The van der Waals surface area contributed by atoms with Crippen molar-refractivity contribution in [2.24, 2.45) is 11.6 Å². The van der Waals surface area contributed by atoms with Gasteiger partial charge in [-0.3, -0.25) is 20.8 Å². The van der Waals surface area contributed by atoms with E-state index in [-0.39, 0.29) is 12.1 Å². The highest BCUT2D eigenvalue weighted by Crippen LogP contribution is 2.23. The normalized spacial score (nSPS) is 9.71. The van der Waals surface area contributed by atoms with E-state index >= 15 is 0 Å². The molecule has 0 saturated heterocycles. The third-order valence-corrected chi connectivity index (χ3v) is 2.00. The first kappa shape index (κ1) is 12.7. The van der Waals surface area contributed by atoms with Gasteiger partial charge in [-0.05, 0) is 6.07 Å². The van der Waals surface area contributed by atoms with E-state index in [0.29, 0.717) is 17.9 Å². The Kier molecular flexibility index (Phi) is 4.23. The van der Waals surface area contributed by atoms with Crippen LogP contribution in [0, 0.1) is 10.1 Å². The SMILES string of the molecule is NNc1cc(NCCC(N)=O)cc([N+](=O)[O-])c1. The maximum absolute atomic E-state index is 10.6. The van der Waals surface area contributed by atoms with E-state index in [1.165, 1.54) is 12.1 Å². The number of nitro benzene ring substituents is 1. The summed E-state index contributed by atoms with van der Waals surface area (Å²) in [7, 11) is 0. The molecule has 1 rings (SSSR count). The Morgan fingerprint density at radius 2 is 2.00 bits per heavy atom. The number of nitrogens with one attached hydrogen (secondary N) is 2. The molecule has 8 nitrogen and oxygen atoms in total. The summed E-state index contributed by atoms with van der Waals surface area (Å²) in [4.78, 5) is 20.6. The van der Waals surface area contributed by atoms with Crippen LogP contribution in [0.25, 0.3) is 0 Å². The second-order valence-corrected chi connectivity index (χ2v) is 3.31. The molecule has 0 fully saturated rings. The van der Waals surface area contributed by atoms with Crippen LogP contribution in [0.3, 0.4) is 0 Å². The Morgan fingerprint density at radius 1 is 1.35 bits per heavy atom. The van der Waals surface area contributed by atoms with Crippen molar-refractivity contribution >= 4 is 23.0 Å². The van der Waals surface area contributed by atoms with Crippen molar-refractivity contribution in [1.29, 1.82) is 0 Å². The zero-order valence-corrected chi connectivity index (χ0v) is 8.97. The molecule has 0 aliphatic rings. The number of nitro groups is 1. The lowest BCUT2D eigenvalue weighted by molar-refractivity contribution is -0.384. The van der Waals surface area contributed by atoms with Crippen molar-refractivity contribution in [3.8, 4) is 0 Å². The van der Waals surface area contributed by atoms with Crippen molar-refractivity contribution in [3.05, 3.63) is 28.3 Å². The third kappa shape index (κ3) is 3.95. The molecule has 0 atom stereocenters. The Morgan fingerprint density at radius 3 is 2.53 bits per heavy atom. The Labute approximate surface area is 97.1 Å². The lowest BCUT2D eigenvalue weighted by Crippen LogP contribution is -2.16. The fourth-order valence-electron chi connectivity index (χ4n) is 1.23. The number of anilines is 2. The molecular formula is C9H13N5O3. The number of nitrogen functional groups attached to an aromatic ring is 1. The van der Waals surface area contributed by atoms with Gasteiger partial charge in [-0.15, -0.1) is 0 Å². The first-order chi connectivity index (χ1) is 8.02. The van der Waals surface area contributed by atoms with E-state index in [1.54, 1.807) is 6.07 Å². The first-order valence-electron chi connectivity index (χ1n) is 4.81. The van der Waals surface area contributed by atoms with Gasteiger partial charge in [0.15, 0.2) is 0 Å². The number of primary amides is 1. The lowest BCUT2D eigenvalue weighted by atomic mass is 10.2. The van der Waals surface area contributed by atoms with Gasteiger partial charge in [-0.2, -0.15) is 0 Å². The molecule has 0 radical (unpaired) electrons. The molecule has 0 saturated carbocycles. The predicted molar refractivity (Wildman–Crippen MR) is 63.2 cm³/mol. The van der Waals surface area contributed by atoms with Crippen LogP contribution in [0.4, 0.5) is 17.1 Å². The minimum Gasteiger partial charge on any atom is -0.384 e. The molecule has 0 aromatic heterocycles. The van der Waals surface area contributed by atoms with Gasteiger partial charge in [-0.1, -0.05) is 0 Å². The highest BCUT2D eigenvalue weighted by atomic mass is 16.6. The van der Waals surface area contributed by atoms with E-state index in [4.69, 9.17) is 11.6 Å². The Balaban J connectivity index is 2.80. The van der Waals surface area contributed by atoms with Crippen molar-refractivity contribution in [2.75, 3.05) is 17.3 Å². The van der Waals surface area contributed by atoms with Crippen LogP contribution in [-0.2, 0) is 4.79 Å². The number of rotatable bonds is 6. The van der Waals surface area contributed by atoms with Gasteiger partial charge >= 0.3 is 0 Å². The summed E-state index contributed by atoms with van der Waals surface area (Å²) in [6, 6.07) is 4.25. The van der Waals surface area contributed by atoms with Crippen LogP contribution in [0.15, 0.2) is 18.2 Å². The average molecular weight is 239 g/mol. The molecule has 1 aromatic carbocycles. The van der Waals surface area contributed by atoms with Crippen molar-refractivity contribution in [1.82, 2.24) is 0 Å². The summed E-state index contributed by atoms with van der Waals surface area (Å²) in [5.74, 6) is 4.75. The summed E-state index contributed by atoms with van der Waals surface area (Å²) in [5, 5.41) is 13.5. The summed E-state index contributed by atoms with van der Waals surface area (Å²) >= 11 is 0. The van der Waals surface area contributed by atoms with Crippen LogP contribution in [0.1, 0.15) is 6.42 Å². The molecule has 0 aliphatic carbocycles. The maximum atomic E-state index is 10.6. The van der Waals surface area contributed by atoms with Crippen LogP contribution < -0.4 is 22.3 Å². The molecule has 0 spiro atoms. The zero-order chi connectivity index (χ0) is 12.8. The monoisotopic (exact) mass is 239 g/mol. The largest absolute Gasteiger partial charge is 0.384 e. The molecule has 8 heteroatoms. The number of nitrogens with two attached hydrogens (primary N) is 2. The molecule has 92 valence electrons. The van der Waals surface area contributed by atoms with Gasteiger partial charge < -0.3 is 16.5 Å². The van der Waals surface area contributed by atoms with Crippen molar-refractivity contribution in [3.63, 3.8) is 0 Å². The quantitative estimate of drug-likeness (QED) is 0.317. The topological polar surface area (TPSA) is 136 Å². The van der Waals surface area contributed by atoms with Gasteiger partial charge in [0.05, 0.1) is 10.6 Å². The summed E-state index contributed by atoms with van der Waals surface area (Å²) in [5.41, 5.74) is 8.10. The maximum Gasteiger partial charge on any atom is 0.273 e. The van der Waals surface area contributed by atoms with Gasteiger partial charge in [0.1, 0.15) is 0 Å². The Bertz CT molecular complexity index is 435. The van der Waals surface area contributed by atoms with E-state index in [1.807, 2.05) is 0 Å². The molecular weight excluding hydrogens is 226 g/mol. The highest BCUT2D eigenvalue weighted by molar-refractivity contribution is 5.74. The number of carbonyl (C=O) groups is 1. The number of hydrogen-bond acceptors (Lipinski definition) is 6. The van der Waals surface area contributed by atoms with E-state index in [0.717, 1.165) is 0 Å². The van der Waals surface area contributed by atoms with Crippen LogP contribution in [0.2, 0.25) is 0 Å². The molecule has 0 unspecified atom stereocenters. The number of hydrazine groups is 1. The minimum atomic E-state index is -0.528. The van der Waals surface area contributed by atoms with Gasteiger partial charge in [0.25, 0.3) is 5.69 Å². The van der Waals surface area contributed by atoms with Gasteiger partial charge in [0.2, 0.25) is 5.91 Å². The summed E-state index contributed by atoms with van der Waals surface area (Å²) in [6.07, 6.45) is 0.147. The van der Waals surface area contributed by atoms with E-state index < -0.39 is 10.8 Å². The molecule has 17 heavy (non-hydrogen) atoms. The molecule has 0 heterocycles. The van der Waals surface area contributed by atoms with Gasteiger partial charge in [0, 0.05) is 30.8 Å². The minimum absolute atomic E-state index is 0.0953. The smallest absolute Gasteiger partial charge is 0.273 e. The third-order valence-electron chi connectivity index (χ3n) is 2.00. The molecule has 0 aliphatic heterocycles. The number of hydrogen-bond donors (Lipinski definition) is 4. The van der Waals surface area contributed by atoms with E-state index in [9.17, 15) is 14.9 Å². The summed E-state index contributed by atoms with van der Waals surface area (Å²) < 4.78 is 0. The standard InChI is InChI=1S/C9H13N5O3/c10-9(15)1-2-12-6-3-7(13-11)5-8(4-6)14(16)17/h3-5,12-13H,1-2,11H2,(H2,10,15). The average Bonchev–Trinajstić information content (AvgIpc) is 2.28.